The minimum atomic E-state index is -2.72. The van der Waals surface area contributed by atoms with Crippen molar-refractivity contribution in [3.8, 4) is 0 Å². The highest BCUT2D eigenvalue weighted by Crippen LogP contribution is 2.19. The summed E-state index contributed by atoms with van der Waals surface area (Å²) in [6.07, 6.45) is 5.87. The first-order valence-electron chi connectivity index (χ1n) is 19.5. The minimum Gasteiger partial charge on any atom is -0.466 e. The largest absolute Gasteiger partial charge is 0.500 e. The average Bonchev–Trinajstić information content (AvgIpc) is 3.07. The molecule has 1 fully saturated rings. The summed E-state index contributed by atoms with van der Waals surface area (Å²) >= 11 is 0. The lowest BCUT2D eigenvalue weighted by molar-refractivity contribution is -0.144. The summed E-state index contributed by atoms with van der Waals surface area (Å²) in [7, 11) is -2.72. The number of nitrogens with zero attached hydrogens (tertiary/aromatic N) is 4. The number of hydrogen-bond acceptors (Lipinski definition) is 13. The summed E-state index contributed by atoms with van der Waals surface area (Å²) in [5.74, 6) is -0.483. The van der Waals surface area contributed by atoms with E-state index in [-0.39, 0.29) is 17.9 Å². The predicted octanol–water partition coefficient (Wildman–Crippen LogP) is 4.07. The highest BCUT2D eigenvalue weighted by atomic mass is 28.4. The van der Waals surface area contributed by atoms with Gasteiger partial charge >= 0.3 is 26.7 Å². The molecule has 0 atom stereocenters. The first-order chi connectivity index (χ1) is 24.2. The summed E-state index contributed by atoms with van der Waals surface area (Å²) in [5, 5.41) is 0. The van der Waals surface area contributed by atoms with E-state index in [0.29, 0.717) is 78.5 Å². The van der Waals surface area contributed by atoms with E-state index in [1.54, 1.807) is 0 Å². The molecule has 0 aliphatic carbocycles. The van der Waals surface area contributed by atoms with Crippen molar-refractivity contribution in [3.05, 3.63) is 0 Å². The molecule has 0 bridgehead atoms. The zero-order valence-electron chi connectivity index (χ0n) is 32.6. The highest BCUT2D eigenvalue weighted by molar-refractivity contribution is 6.60. The standard InChI is InChI=1S/C36H72N4O9Si/c1-7-44-34(41)18-30-38-23-13-21-37(29-17-33-50(47-10-4,48-11-5)49-12-6)22-14-24-39(31-19-35(42)45-8-2)26-16-28-40(27-15-25-38)32-20-36(43)46-9-3/h7-33H2,1-6H3. The van der Waals surface area contributed by atoms with E-state index in [1.165, 1.54) is 0 Å². The first-order valence-corrected chi connectivity index (χ1v) is 21.5. The van der Waals surface area contributed by atoms with Crippen molar-refractivity contribution < 1.29 is 41.9 Å². The summed E-state index contributed by atoms with van der Waals surface area (Å²) < 4.78 is 34.0. The maximum atomic E-state index is 12.2. The zero-order chi connectivity index (χ0) is 36.9. The predicted molar refractivity (Wildman–Crippen MR) is 198 cm³/mol. The van der Waals surface area contributed by atoms with Crippen LogP contribution in [0.3, 0.4) is 0 Å². The zero-order valence-corrected chi connectivity index (χ0v) is 33.6. The number of hydrogen-bond donors (Lipinski definition) is 0. The Balaban J connectivity index is 3.08. The van der Waals surface area contributed by atoms with Crippen LogP contribution in [-0.2, 0) is 41.9 Å². The lowest BCUT2D eigenvalue weighted by atomic mass is 10.2. The molecule has 1 heterocycles. The Labute approximate surface area is 304 Å². The smallest absolute Gasteiger partial charge is 0.466 e. The molecule has 1 rings (SSSR count). The molecule has 0 aromatic carbocycles. The molecule has 1 aliphatic rings. The minimum absolute atomic E-state index is 0.157. The third-order valence-electron chi connectivity index (χ3n) is 8.66. The Morgan fingerprint density at radius 2 is 0.720 bits per heavy atom. The van der Waals surface area contributed by atoms with Gasteiger partial charge in [0.05, 0.1) is 39.1 Å². The van der Waals surface area contributed by atoms with Gasteiger partial charge in [-0.1, -0.05) is 0 Å². The fraction of sp³-hybridized carbons (Fsp3) is 0.917. The molecule has 0 spiro atoms. The second kappa shape index (κ2) is 29.9. The van der Waals surface area contributed by atoms with Crippen LogP contribution in [0.4, 0.5) is 0 Å². The summed E-state index contributed by atoms with van der Waals surface area (Å²) in [6.45, 7) is 24.4. The van der Waals surface area contributed by atoms with Gasteiger partial charge in [0.1, 0.15) is 0 Å². The van der Waals surface area contributed by atoms with E-state index in [0.717, 1.165) is 97.1 Å². The molecule has 0 aromatic rings. The van der Waals surface area contributed by atoms with Crippen LogP contribution in [0.2, 0.25) is 6.04 Å². The Hall–Kier alpha value is -1.65. The number of carbonyl (C=O) groups is 3. The molecular weight excluding hydrogens is 661 g/mol. The van der Waals surface area contributed by atoms with E-state index in [9.17, 15) is 14.4 Å². The van der Waals surface area contributed by atoms with Crippen LogP contribution < -0.4 is 0 Å². The molecule has 0 amide bonds. The monoisotopic (exact) mass is 733 g/mol. The maximum absolute atomic E-state index is 12.2. The molecule has 0 unspecified atom stereocenters. The second-order valence-corrected chi connectivity index (χ2v) is 15.3. The van der Waals surface area contributed by atoms with E-state index in [1.807, 2.05) is 41.5 Å². The Bertz CT molecular complexity index is 830. The molecule has 13 nitrogen and oxygen atoms in total. The van der Waals surface area contributed by atoms with Crippen molar-refractivity contribution in [1.29, 1.82) is 0 Å². The summed E-state index contributed by atoms with van der Waals surface area (Å²) in [5.41, 5.74) is 0. The fourth-order valence-corrected chi connectivity index (χ4v) is 8.98. The Morgan fingerprint density at radius 3 is 0.980 bits per heavy atom. The Morgan fingerprint density at radius 1 is 0.440 bits per heavy atom. The molecule has 0 saturated carbocycles. The highest BCUT2D eigenvalue weighted by Gasteiger charge is 2.39. The van der Waals surface area contributed by atoms with Gasteiger partial charge in [-0.05, 0) is 133 Å². The van der Waals surface area contributed by atoms with E-state index in [4.69, 9.17) is 27.5 Å². The number of carbonyl (C=O) groups excluding carboxylic acids is 3. The quantitative estimate of drug-likeness (QED) is 0.0905. The van der Waals surface area contributed by atoms with Crippen LogP contribution in [0.25, 0.3) is 0 Å². The van der Waals surface area contributed by atoms with Crippen LogP contribution in [0.5, 0.6) is 0 Å². The van der Waals surface area contributed by atoms with Gasteiger partial charge in [0.2, 0.25) is 0 Å². The van der Waals surface area contributed by atoms with E-state index < -0.39 is 8.80 Å². The molecule has 1 saturated heterocycles. The molecule has 0 aromatic heterocycles. The van der Waals surface area contributed by atoms with Gasteiger partial charge in [-0.2, -0.15) is 0 Å². The normalized spacial score (nSPS) is 17.4. The van der Waals surface area contributed by atoms with Crippen molar-refractivity contribution in [2.45, 2.75) is 99.0 Å². The van der Waals surface area contributed by atoms with Gasteiger partial charge in [0.25, 0.3) is 0 Å². The van der Waals surface area contributed by atoms with Crippen molar-refractivity contribution >= 4 is 26.7 Å². The van der Waals surface area contributed by atoms with Crippen molar-refractivity contribution in [1.82, 2.24) is 19.6 Å². The molecular formula is C36H72N4O9Si. The topological polar surface area (TPSA) is 120 Å². The summed E-state index contributed by atoms with van der Waals surface area (Å²) in [4.78, 5) is 46.3. The Kier molecular flexibility index (Phi) is 27.7. The third-order valence-corrected chi connectivity index (χ3v) is 11.8. The van der Waals surface area contributed by atoms with Crippen LogP contribution >= 0.6 is 0 Å². The van der Waals surface area contributed by atoms with Crippen LogP contribution in [0.15, 0.2) is 0 Å². The fourth-order valence-electron chi connectivity index (χ4n) is 6.38. The van der Waals surface area contributed by atoms with Gasteiger partial charge in [0.15, 0.2) is 0 Å². The number of ether oxygens (including phenoxy) is 3. The third kappa shape index (κ3) is 22.3. The second-order valence-electron chi connectivity index (χ2n) is 12.5. The van der Waals surface area contributed by atoms with Crippen molar-refractivity contribution in [2.24, 2.45) is 0 Å². The van der Waals surface area contributed by atoms with Gasteiger partial charge in [0, 0.05) is 45.5 Å². The molecule has 50 heavy (non-hydrogen) atoms. The van der Waals surface area contributed by atoms with Crippen molar-refractivity contribution in [2.75, 3.05) is 118 Å². The molecule has 0 radical (unpaired) electrons. The average molecular weight is 733 g/mol. The summed E-state index contributed by atoms with van der Waals surface area (Å²) in [6, 6.07) is 0.781. The first kappa shape index (κ1) is 46.4. The van der Waals surface area contributed by atoms with E-state index >= 15 is 0 Å². The van der Waals surface area contributed by atoms with Crippen molar-refractivity contribution in [3.63, 3.8) is 0 Å². The number of esters is 3. The molecule has 0 N–H and O–H groups in total. The van der Waals surface area contributed by atoms with Crippen LogP contribution in [0.1, 0.15) is 92.9 Å². The molecule has 294 valence electrons. The lowest BCUT2D eigenvalue weighted by Crippen LogP contribution is -2.46. The number of rotatable bonds is 22. The van der Waals surface area contributed by atoms with Crippen LogP contribution in [0, 0.1) is 0 Å². The SMILES string of the molecule is CCOC(=O)CCN1CCCN(CCC[Si](OCC)(OCC)OCC)CCCN(CCC(=O)OCC)CCCN(CCC(=O)OCC)CCC1. The van der Waals surface area contributed by atoms with Gasteiger partial charge in [-0.15, -0.1) is 0 Å². The van der Waals surface area contributed by atoms with Gasteiger partial charge in [-0.3, -0.25) is 14.4 Å². The van der Waals surface area contributed by atoms with E-state index in [2.05, 4.69) is 19.6 Å². The molecule has 14 heteroatoms. The molecule has 1 aliphatic heterocycles. The van der Waals surface area contributed by atoms with Gasteiger partial charge in [-0.25, -0.2) is 0 Å². The maximum Gasteiger partial charge on any atom is 0.500 e. The van der Waals surface area contributed by atoms with Gasteiger partial charge < -0.3 is 47.1 Å². The van der Waals surface area contributed by atoms with Crippen LogP contribution in [-0.4, -0.2) is 164 Å². The lowest BCUT2D eigenvalue weighted by Gasteiger charge is -2.31.